The Balaban J connectivity index is 1.62. The molecule has 3 rings (SSSR count). The van der Waals surface area contributed by atoms with E-state index >= 15 is 0 Å². The topological polar surface area (TPSA) is 69.8 Å². The van der Waals surface area contributed by atoms with Crippen molar-refractivity contribution in [2.24, 2.45) is 5.92 Å². The summed E-state index contributed by atoms with van der Waals surface area (Å²) in [6, 6.07) is 0.512. The van der Waals surface area contributed by atoms with Crippen molar-refractivity contribution >= 4 is 11.7 Å². The molecule has 3 unspecified atom stereocenters. The Hall–Kier alpha value is -1.36. The minimum absolute atomic E-state index is 0.0409. The van der Waals surface area contributed by atoms with Crippen LogP contribution >= 0.6 is 0 Å². The van der Waals surface area contributed by atoms with E-state index in [2.05, 4.69) is 20.8 Å². The smallest absolute Gasteiger partial charge is 0.242 e. The number of nitrogens with one attached hydrogen (secondary N) is 3. The van der Waals surface area contributed by atoms with Gasteiger partial charge in [0.25, 0.3) is 0 Å². The van der Waals surface area contributed by atoms with Crippen molar-refractivity contribution < 1.29 is 4.79 Å². The number of aromatic nitrogens is 2. The van der Waals surface area contributed by atoms with Crippen LogP contribution in [0.25, 0.3) is 0 Å². The Labute approximate surface area is 107 Å². The van der Waals surface area contributed by atoms with Gasteiger partial charge in [-0.1, -0.05) is 12.8 Å². The van der Waals surface area contributed by atoms with Gasteiger partial charge in [-0.3, -0.25) is 9.89 Å². The first-order valence-corrected chi connectivity index (χ1v) is 6.81. The summed E-state index contributed by atoms with van der Waals surface area (Å²) in [5, 5.41) is 13.1. The normalized spacial score (nSPS) is 31.1. The molecule has 18 heavy (non-hydrogen) atoms. The maximum Gasteiger partial charge on any atom is 0.242 e. The number of amides is 1. The van der Waals surface area contributed by atoms with Crippen LogP contribution in [0.15, 0.2) is 6.20 Å². The third kappa shape index (κ3) is 2.14. The predicted molar refractivity (Wildman–Crippen MR) is 69.2 cm³/mol. The standard InChI is InChI=1S/C13H20N4O/c1-8-7-14-17-12(8)16-13(18)11-6-9-4-2-3-5-10(9)15-11/h7,9-11,15H,2-6H2,1H3,(H2,14,16,17,18). The Kier molecular flexibility index (Phi) is 3.07. The van der Waals surface area contributed by atoms with E-state index in [1.54, 1.807) is 6.20 Å². The molecule has 3 atom stereocenters. The van der Waals surface area contributed by atoms with E-state index in [1.165, 1.54) is 25.7 Å². The van der Waals surface area contributed by atoms with E-state index in [-0.39, 0.29) is 11.9 Å². The average molecular weight is 248 g/mol. The molecule has 1 aromatic heterocycles. The number of carbonyl (C=O) groups excluding carboxylic acids is 1. The largest absolute Gasteiger partial charge is 0.309 e. The number of hydrogen-bond acceptors (Lipinski definition) is 3. The van der Waals surface area contributed by atoms with Crippen molar-refractivity contribution in [1.82, 2.24) is 15.5 Å². The number of aryl methyl sites for hydroxylation is 1. The first-order valence-electron chi connectivity index (χ1n) is 6.81. The maximum atomic E-state index is 12.2. The summed E-state index contributed by atoms with van der Waals surface area (Å²) in [7, 11) is 0. The van der Waals surface area contributed by atoms with Crippen LogP contribution in [-0.4, -0.2) is 28.2 Å². The molecule has 3 N–H and O–H groups in total. The van der Waals surface area contributed by atoms with Gasteiger partial charge >= 0.3 is 0 Å². The third-order valence-electron chi connectivity index (χ3n) is 4.26. The van der Waals surface area contributed by atoms with E-state index in [9.17, 15) is 4.79 Å². The van der Waals surface area contributed by atoms with Gasteiger partial charge in [0.05, 0.1) is 12.2 Å². The monoisotopic (exact) mass is 248 g/mol. The number of nitrogens with zero attached hydrogens (tertiary/aromatic N) is 1. The summed E-state index contributed by atoms with van der Waals surface area (Å²) in [5.74, 6) is 1.48. The minimum Gasteiger partial charge on any atom is -0.309 e. The Morgan fingerprint density at radius 1 is 1.44 bits per heavy atom. The number of carbonyl (C=O) groups is 1. The molecule has 1 aliphatic heterocycles. The van der Waals surface area contributed by atoms with Crippen molar-refractivity contribution in [2.75, 3.05) is 5.32 Å². The quantitative estimate of drug-likeness (QED) is 0.744. The van der Waals surface area contributed by atoms with Crippen molar-refractivity contribution in [3.63, 3.8) is 0 Å². The van der Waals surface area contributed by atoms with Gasteiger partial charge < -0.3 is 10.6 Å². The SMILES string of the molecule is Cc1cn[nH]c1NC(=O)C1CC2CCCCC2N1. The van der Waals surface area contributed by atoms with E-state index in [0.717, 1.165) is 17.8 Å². The molecular weight excluding hydrogens is 228 g/mol. The molecule has 0 bridgehead atoms. The van der Waals surface area contributed by atoms with Gasteiger partial charge in [0.2, 0.25) is 5.91 Å². The van der Waals surface area contributed by atoms with Crippen LogP contribution in [0.4, 0.5) is 5.82 Å². The number of fused-ring (bicyclic) bond motifs is 1. The van der Waals surface area contributed by atoms with Gasteiger partial charge in [-0.15, -0.1) is 0 Å². The first-order chi connectivity index (χ1) is 8.74. The van der Waals surface area contributed by atoms with Crippen LogP contribution in [0.1, 0.15) is 37.7 Å². The summed E-state index contributed by atoms with van der Waals surface area (Å²) in [6.45, 7) is 1.93. The maximum absolute atomic E-state index is 12.2. The Morgan fingerprint density at radius 2 is 2.28 bits per heavy atom. The van der Waals surface area contributed by atoms with Gasteiger partial charge in [0.15, 0.2) is 0 Å². The number of aromatic amines is 1. The lowest BCUT2D eigenvalue weighted by Gasteiger charge is -2.24. The molecule has 1 amide bonds. The zero-order valence-electron chi connectivity index (χ0n) is 10.7. The van der Waals surface area contributed by atoms with Crippen molar-refractivity contribution in [3.05, 3.63) is 11.8 Å². The molecule has 2 aliphatic rings. The summed E-state index contributed by atoms with van der Waals surface area (Å²) in [6.07, 6.45) is 7.79. The minimum atomic E-state index is -0.0409. The fourth-order valence-corrected chi connectivity index (χ4v) is 3.20. The highest BCUT2D eigenvalue weighted by atomic mass is 16.2. The first kappa shape index (κ1) is 11.7. The molecule has 1 aliphatic carbocycles. The number of anilines is 1. The zero-order chi connectivity index (χ0) is 12.5. The molecule has 2 heterocycles. The lowest BCUT2D eigenvalue weighted by atomic mass is 9.85. The van der Waals surface area contributed by atoms with Crippen LogP contribution in [0.2, 0.25) is 0 Å². The molecule has 5 heteroatoms. The third-order valence-corrected chi connectivity index (χ3v) is 4.26. The number of rotatable bonds is 2. The number of hydrogen-bond donors (Lipinski definition) is 3. The van der Waals surface area contributed by atoms with Gasteiger partial charge in [0.1, 0.15) is 5.82 Å². The van der Waals surface area contributed by atoms with Crippen LogP contribution in [0.5, 0.6) is 0 Å². The molecule has 2 fully saturated rings. The molecular formula is C13H20N4O. The Morgan fingerprint density at radius 3 is 3.00 bits per heavy atom. The summed E-state index contributed by atoms with van der Waals surface area (Å²) < 4.78 is 0. The molecule has 1 saturated heterocycles. The van der Waals surface area contributed by atoms with Gasteiger partial charge in [-0.2, -0.15) is 5.10 Å². The van der Waals surface area contributed by atoms with Crippen molar-refractivity contribution in [3.8, 4) is 0 Å². The number of H-pyrrole nitrogens is 1. The Bertz CT molecular complexity index is 428. The molecule has 0 aromatic carbocycles. The van der Waals surface area contributed by atoms with Crippen molar-refractivity contribution in [1.29, 1.82) is 0 Å². The van der Waals surface area contributed by atoms with E-state index < -0.39 is 0 Å². The van der Waals surface area contributed by atoms with Crippen LogP contribution in [0.3, 0.4) is 0 Å². The summed E-state index contributed by atoms with van der Waals surface area (Å²) in [4.78, 5) is 12.2. The zero-order valence-corrected chi connectivity index (χ0v) is 10.7. The predicted octanol–water partition coefficient (Wildman–Crippen LogP) is 1.58. The summed E-state index contributed by atoms with van der Waals surface area (Å²) in [5.41, 5.74) is 0.971. The molecule has 1 saturated carbocycles. The van der Waals surface area contributed by atoms with Gasteiger partial charge in [0, 0.05) is 11.6 Å². The van der Waals surface area contributed by atoms with Crippen LogP contribution in [-0.2, 0) is 4.79 Å². The van der Waals surface area contributed by atoms with Crippen molar-refractivity contribution in [2.45, 2.75) is 51.1 Å². The van der Waals surface area contributed by atoms with E-state index in [1.807, 2.05) is 6.92 Å². The van der Waals surface area contributed by atoms with E-state index in [0.29, 0.717) is 12.0 Å². The molecule has 0 spiro atoms. The van der Waals surface area contributed by atoms with Crippen LogP contribution in [0, 0.1) is 12.8 Å². The second kappa shape index (κ2) is 4.72. The molecule has 0 radical (unpaired) electrons. The highest BCUT2D eigenvalue weighted by Gasteiger charge is 2.38. The fourth-order valence-electron chi connectivity index (χ4n) is 3.20. The average Bonchev–Trinajstić information content (AvgIpc) is 2.96. The van der Waals surface area contributed by atoms with Gasteiger partial charge in [-0.05, 0) is 32.1 Å². The van der Waals surface area contributed by atoms with Crippen LogP contribution < -0.4 is 10.6 Å². The lowest BCUT2D eigenvalue weighted by Crippen LogP contribution is -2.40. The second-order valence-corrected chi connectivity index (χ2v) is 5.52. The summed E-state index contributed by atoms with van der Waals surface area (Å²) >= 11 is 0. The van der Waals surface area contributed by atoms with E-state index in [4.69, 9.17) is 0 Å². The highest BCUT2D eigenvalue weighted by Crippen LogP contribution is 2.33. The molecule has 5 nitrogen and oxygen atoms in total. The second-order valence-electron chi connectivity index (χ2n) is 5.52. The fraction of sp³-hybridized carbons (Fsp3) is 0.692. The lowest BCUT2D eigenvalue weighted by molar-refractivity contribution is -0.117. The molecule has 1 aromatic rings. The molecule has 98 valence electrons. The highest BCUT2D eigenvalue weighted by molar-refractivity contribution is 5.94. The van der Waals surface area contributed by atoms with Gasteiger partial charge in [-0.25, -0.2) is 0 Å².